The molecule has 2 aromatic rings. The molecule has 1 aliphatic carbocycles. The summed E-state index contributed by atoms with van der Waals surface area (Å²) in [5.74, 6) is 0. The van der Waals surface area contributed by atoms with Gasteiger partial charge in [0.25, 0.3) is 0 Å². The number of fused-ring (bicyclic) bond motifs is 1. The van der Waals surface area contributed by atoms with Crippen LogP contribution in [0.1, 0.15) is 12.8 Å². The Labute approximate surface area is 104 Å². The van der Waals surface area contributed by atoms with Crippen LogP contribution in [0.25, 0.3) is 22.7 Å². The first-order chi connectivity index (χ1) is 7.83. The van der Waals surface area contributed by atoms with E-state index in [4.69, 9.17) is 0 Å². The smallest absolute Gasteiger partial charge is 0.124 e. The molecule has 1 aromatic carbocycles. The number of thiol groups is 1. The van der Waals surface area contributed by atoms with Crippen molar-refractivity contribution in [3.63, 3.8) is 0 Å². The molecule has 3 rings (SSSR count). The largest absolute Gasteiger partial charge is 0.236 e. The van der Waals surface area contributed by atoms with Gasteiger partial charge in [-0.15, -0.1) is 24.0 Å². The van der Waals surface area contributed by atoms with E-state index in [0.717, 1.165) is 28.1 Å². The first-order valence-corrected chi connectivity index (χ1v) is 6.56. The van der Waals surface area contributed by atoms with E-state index < -0.39 is 0 Å². The molecule has 0 atom stereocenters. The van der Waals surface area contributed by atoms with Crippen molar-refractivity contribution in [1.82, 2.24) is 4.98 Å². The van der Waals surface area contributed by atoms with Gasteiger partial charge in [0.2, 0.25) is 0 Å². The summed E-state index contributed by atoms with van der Waals surface area (Å²) in [6, 6.07) is 8.16. The number of hydrogen-bond donors (Lipinski definition) is 1. The third-order valence-corrected chi connectivity index (χ3v) is 4.04. The molecule has 1 nitrogen and oxygen atoms in total. The van der Waals surface area contributed by atoms with Crippen LogP contribution in [0.5, 0.6) is 0 Å². The molecular weight excluding hydrogens is 234 g/mol. The van der Waals surface area contributed by atoms with Crippen molar-refractivity contribution in [2.45, 2.75) is 17.7 Å². The number of rotatable bonds is 1. The van der Waals surface area contributed by atoms with E-state index in [1.165, 1.54) is 10.1 Å². The van der Waals surface area contributed by atoms with Gasteiger partial charge in [-0.2, -0.15) is 0 Å². The van der Waals surface area contributed by atoms with Crippen LogP contribution in [0.15, 0.2) is 29.2 Å². The predicted octanol–water partition coefficient (Wildman–Crippen LogP) is 2.45. The minimum atomic E-state index is 0.989. The highest BCUT2D eigenvalue weighted by atomic mass is 32.1. The zero-order chi connectivity index (χ0) is 11.0. The molecule has 0 fully saturated rings. The van der Waals surface area contributed by atoms with Gasteiger partial charge in [0.15, 0.2) is 0 Å². The lowest BCUT2D eigenvalue weighted by Crippen LogP contribution is -2.22. The Hall–Kier alpha value is -1.06. The molecular formula is C13H11NS2. The summed E-state index contributed by atoms with van der Waals surface area (Å²) in [7, 11) is 0. The van der Waals surface area contributed by atoms with Crippen molar-refractivity contribution in [1.29, 1.82) is 0 Å². The molecule has 0 amide bonds. The third kappa shape index (κ3) is 1.81. The van der Waals surface area contributed by atoms with Crippen molar-refractivity contribution < 1.29 is 0 Å². The molecule has 1 aliphatic rings. The standard InChI is InChI=1S/C13H11NS2/c15-10-7-5-9(6-8-10)13-14-11-3-1-2-4-12(11)16-13/h3-8,15H,1-2H2. The Balaban J connectivity index is 2.14. The van der Waals surface area contributed by atoms with Gasteiger partial charge >= 0.3 is 0 Å². The second-order valence-electron chi connectivity index (χ2n) is 3.80. The fraction of sp³-hybridized carbons (Fsp3) is 0.154. The lowest BCUT2D eigenvalue weighted by Gasteiger charge is -1.95. The summed E-state index contributed by atoms with van der Waals surface area (Å²) in [6.07, 6.45) is 6.77. The maximum Gasteiger partial charge on any atom is 0.124 e. The molecule has 16 heavy (non-hydrogen) atoms. The summed E-state index contributed by atoms with van der Waals surface area (Å²) in [4.78, 5) is 5.65. The SMILES string of the molecule is Sc1ccc(-c2nc3c(s2)=CCCC=3)cc1. The highest BCUT2D eigenvalue weighted by molar-refractivity contribution is 7.80. The van der Waals surface area contributed by atoms with Crippen LogP contribution in [0, 0.1) is 0 Å². The van der Waals surface area contributed by atoms with Crippen LogP contribution in [-0.4, -0.2) is 4.98 Å². The lowest BCUT2D eigenvalue weighted by molar-refractivity contribution is 1.10. The van der Waals surface area contributed by atoms with E-state index in [-0.39, 0.29) is 0 Å². The highest BCUT2D eigenvalue weighted by Gasteiger charge is 2.04. The number of hydrogen-bond acceptors (Lipinski definition) is 3. The van der Waals surface area contributed by atoms with E-state index in [1.54, 1.807) is 11.3 Å². The van der Waals surface area contributed by atoms with Gasteiger partial charge in [0, 0.05) is 10.5 Å². The van der Waals surface area contributed by atoms with E-state index in [1.807, 2.05) is 12.1 Å². The number of benzene rings is 1. The van der Waals surface area contributed by atoms with E-state index >= 15 is 0 Å². The maximum absolute atomic E-state index is 4.66. The normalized spacial score (nSPS) is 13.8. The van der Waals surface area contributed by atoms with Gasteiger partial charge in [0.05, 0.1) is 9.88 Å². The third-order valence-electron chi connectivity index (χ3n) is 2.63. The van der Waals surface area contributed by atoms with Gasteiger partial charge in [0.1, 0.15) is 5.01 Å². The minimum Gasteiger partial charge on any atom is -0.236 e. The van der Waals surface area contributed by atoms with Crippen LogP contribution in [0.4, 0.5) is 0 Å². The molecule has 0 bridgehead atoms. The summed E-state index contributed by atoms with van der Waals surface area (Å²) in [5.41, 5.74) is 1.18. The van der Waals surface area contributed by atoms with Crippen LogP contribution in [0.2, 0.25) is 0 Å². The topological polar surface area (TPSA) is 12.9 Å². The fourth-order valence-electron chi connectivity index (χ4n) is 1.80. The zero-order valence-corrected chi connectivity index (χ0v) is 10.4. The first kappa shape index (κ1) is 10.1. The summed E-state index contributed by atoms with van der Waals surface area (Å²) < 4.78 is 1.32. The Kier molecular flexibility index (Phi) is 2.58. The molecule has 80 valence electrons. The molecule has 1 heterocycles. The minimum absolute atomic E-state index is 0.989. The second-order valence-corrected chi connectivity index (χ2v) is 5.35. The molecule has 0 saturated carbocycles. The first-order valence-electron chi connectivity index (χ1n) is 5.29. The Morgan fingerprint density at radius 2 is 1.81 bits per heavy atom. The molecule has 1 aromatic heterocycles. The quantitative estimate of drug-likeness (QED) is 0.762. The average molecular weight is 245 g/mol. The Bertz CT molecular complexity index is 589. The molecule has 0 saturated heterocycles. The van der Waals surface area contributed by atoms with Crippen LogP contribution < -0.4 is 9.88 Å². The highest BCUT2D eigenvalue weighted by Crippen LogP contribution is 2.20. The Morgan fingerprint density at radius 1 is 1.06 bits per heavy atom. The van der Waals surface area contributed by atoms with Gasteiger partial charge in [-0.1, -0.05) is 24.3 Å². The molecule has 0 radical (unpaired) electrons. The van der Waals surface area contributed by atoms with Crippen LogP contribution in [-0.2, 0) is 0 Å². The zero-order valence-electron chi connectivity index (χ0n) is 8.68. The molecule has 0 N–H and O–H groups in total. The fourth-order valence-corrected chi connectivity index (χ4v) is 2.99. The van der Waals surface area contributed by atoms with Crippen molar-refractivity contribution in [2.75, 3.05) is 0 Å². The van der Waals surface area contributed by atoms with Crippen molar-refractivity contribution in [2.24, 2.45) is 0 Å². The summed E-state index contributed by atoms with van der Waals surface area (Å²) in [6.45, 7) is 0. The Morgan fingerprint density at radius 3 is 2.56 bits per heavy atom. The van der Waals surface area contributed by atoms with Crippen LogP contribution in [0.3, 0.4) is 0 Å². The predicted molar refractivity (Wildman–Crippen MR) is 72.2 cm³/mol. The molecule has 3 heteroatoms. The average Bonchev–Trinajstić information content (AvgIpc) is 2.73. The molecule has 0 unspecified atom stereocenters. The van der Waals surface area contributed by atoms with E-state index in [9.17, 15) is 0 Å². The van der Waals surface area contributed by atoms with Gasteiger partial charge in [-0.05, 0) is 25.0 Å². The number of nitrogens with zero attached hydrogens (tertiary/aromatic N) is 1. The number of aromatic nitrogens is 1. The van der Waals surface area contributed by atoms with Crippen LogP contribution >= 0.6 is 24.0 Å². The van der Waals surface area contributed by atoms with Crippen molar-refractivity contribution in [3.8, 4) is 10.6 Å². The summed E-state index contributed by atoms with van der Waals surface area (Å²) in [5, 5.41) is 2.26. The second kappa shape index (κ2) is 4.07. The summed E-state index contributed by atoms with van der Waals surface area (Å²) >= 11 is 6.06. The van der Waals surface area contributed by atoms with Gasteiger partial charge in [-0.3, -0.25) is 0 Å². The molecule has 0 aliphatic heterocycles. The monoisotopic (exact) mass is 245 g/mol. The van der Waals surface area contributed by atoms with Gasteiger partial charge < -0.3 is 0 Å². The maximum atomic E-state index is 4.66. The number of thiazole rings is 1. The van der Waals surface area contributed by atoms with Crippen molar-refractivity contribution >= 4 is 36.1 Å². The van der Waals surface area contributed by atoms with E-state index in [2.05, 4.69) is 41.9 Å². The van der Waals surface area contributed by atoms with E-state index in [0.29, 0.717) is 0 Å². The van der Waals surface area contributed by atoms with Crippen molar-refractivity contribution in [3.05, 3.63) is 34.1 Å². The lowest BCUT2D eigenvalue weighted by atomic mass is 10.2. The van der Waals surface area contributed by atoms with Gasteiger partial charge in [-0.25, -0.2) is 4.98 Å². The molecule has 0 spiro atoms.